The Morgan fingerprint density at radius 3 is 2.86 bits per heavy atom. The number of carbonyl (C=O) groups excluding carboxylic acids is 1. The first-order valence-electron chi connectivity index (χ1n) is 6.61. The number of hydrogen-bond acceptors (Lipinski definition) is 3. The van der Waals surface area contributed by atoms with Gasteiger partial charge >= 0.3 is 0 Å². The molecule has 0 aliphatic carbocycles. The highest BCUT2D eigenvalue weighted by molar-refractivity contribution is 6.32. The zero-order valence-corrected chi connectivity index (χ0v) is 12.8. The minimum Gasteiger partial charge on any atom is -0.482 e. The Balaban J connectivity index is 1.87. The van der Waals surface area contributed by atoms with E-state index in [9.17, 15) is 4.79 Å². The van der Waals surface area contributed by atoms with Crippen LogP contribution in [-0.2, 0) is 11.3 Å². The molecule has 0 spiro atoms. The summed E-state index contributed by atoms with van der Waals surface area (Å²) in [5, 5.41) is 3.29. The fourth-order valence-corrected chi connectivity index (χ4v) is 2.35. The number of hydrogen-bond donors (Lipinski definition) is 1. The van der Waals surface area contributed by atoms with Gasteiger partial charge in [-0.15, -0.1) is 0 Å². The van der Waals surface area contributed by atoms with E-state index in [1.807, 2.05) is 38.1 Å². The second kappa shape index (κ2) is 7.09. The van der Waals surface area contributed by atoms with E-state index in [1.165, 1.54) is 0 Å². The quantitative estimate of drug-likeness (QED) is 0.923. The Labute approximate surface area is 129 Å². The van der Waals surface area contributed by atoms with Crippen LogP contribution in [0.1, 0.15) is 16.7 Å². The molecule has 2 rings (SSSR count). The number of carbonyl (C=O) groups is 1. The number of halogens is 1. The highest BCUT2D eigenvalue weighted by atomic mass is 35.5. The summed E-state index contributed by atoms with van der Waals surface area (Å²) < 4.78 is 5.51. The van der Waals surface area contributed by atoms with Crippen molar-refractivity contribution in [3.63, 3.8) is 0 Å². The van der Waals surface area contributed by atoms with Crippen LogP contribution in [0, 0.1) is 13.8 Å². The van der Waals surface area contributed by atoms with E-state index in [-0.39, 0.29) is 12.5 Å². The summed E-state index contributed by atoms with van der Waals surface area (Å²) in [4.78, 5) is 15.8. The summed E-state index contributed by atoms with van der Waals surface area (Å²) in [7, 11) is 0. The van der Waals surface area contributed by atoms with Gasteiger partial charge in [0, 0.05) is 18.9 Å². The largest absolute Gasteiger partial charge is 0.482 e. The lowest BCUT2D eigenvalue weighted by atomic mass is 10.1. The fourth-order valence-electron chi connectivity index (χ4n) is 1.98. The van der Waals surface area contributed by atoms with Crippen molar-refractivity contribution in [1.82, 2.24) is 10.3 Å². The Morgan fingerprint density at radius 2 is 2.19 bits per heavy atom. The topological polar surface area (TPSA) is 51.2 Å². The van der Waals surface area contributed by atoms with Crippen molar-refractivity contribution in [3.8, 4) is 5.75 Å². The van der Waals surface area contributed by atoms with Crippen LogP contribution in [0.3, 0.4) is 0 Å². The lowest BCUT2D eigenvalue weighted by Crippen LogP contribution is -2.28. The molecule has 0 fully saturated rings. The van der Waals surface area contributed by atoms with Gasteiger partial charge in [0.25, 0.3) is 5.91 Å². The third-order valence-electron chi connectivity index (χ3n) is 2.93. The summed E-state index contributed by atoms with van der Waals surface area (Å²) in [6.45, 7) is 4.23. The number of pyridine rings is 1. The molecule has 1 aromatic heterocycles. The van der Waals surface area contributed by atoms with E-state index in [4.69, 9.17) is 16.3 Å². The highest BCUT2D eigenvalue weighted by Crippen LogP contribution is 2.29. The highest BCUT2D eigenvalue weighted by Gasteiger charge is 2.09. The standard InChI is InChI=1S/C16H17ClN2O2/c1-11-6-12(2)16(14(17)7-11)21-10-15(20)19-9-13-4-3-5-18-8-13/h3-8H,9-10H2,1-2H3,(H,19,20). The first-order chi connectivity index (χ1) is 10.1. The zero-order valence-electron chi connectivity index (χ0n) is 12.0. The molecular weight excluding hydrogens is 288 g/mol. The molecule has 0 unspecified atom stereocenters. The summed E-state index contributed by atoms with van der Waals surface area (Å²) in [5.41, 5.74) is 2.92. The molecule has 1 N–H and O–H groups in total. The molecule has 21 heavy (non-hydrogen) atoms. The predicted octanol–water partition coefficient (Wildman–Crippen LogP) is 3.05. The molecule has 0 saturated heterocycles. The van der Waals surface area contributed by atoms with Gasteiger partial charge in [0.15, 0.2) is 6.61 Å². The van der Waals surface area contributed by atoms with E-state index in [1.54, 1.807) is 12.4 Å². The molecule has 0 bridgehead atoms. The van der Waals surface area contributed by atoms with Crippen LogP contribution in [0.25, 0.3) is 0 Å². The third-order valence-corrected chi connectivity index (χ3v) is 3.21. The molecule has 1 aromatic carbocycles. The number of amides is 1. The number of rotatable bonds is 5. The van der Waals surface area contributed by atoms with Gasteiger partial charge in [0.2, 0.25) is 0 Å². The predicted molar refractivity (Wildman–Crippen MR) is 82.5 cm³/mol. The summed E-state index contributed by atoms with van der Waals surface area (Å²) in [6.07, 6.45) is 3.40. The van der Waals surface area contributed by atoms with E-state index in [2.05, 4.69) is 10.3 Å². The minimum absolute atomic E-state index is 0.0656. The summed E-state index contributed by atoms with van der Waals surface area (Å²) in [6, 6.07) is 7.51. The maximum atomic E-state index is 11.8. The maximum absolute atomic E-state index is 11.8. The van der Waals surface area contributed by atoms with Crippen LogP contribution in [-0.4, -0.2) is 17.5 Å². The van der Waals surface area contributed by atoms with Crippen LogP contribution in [0.15, 0.2) is 36.7 Å². The van der Waals surface area contributed by atoms with Crippen LogP contribution >= 0.6 is 11.6 Å². The molecular formula is C16H17ClN2O2. The van der Waals surface area contributed by atoms with Crippen molar-refractivity contribution in [2.75, 3.05) is 6.61 Å². The maximum Gasteiger partial charge on any atom is 0.258 e. The third kappa shape index (κ3) is 4.46. The molecule has 5 heteroatoms. The number of benzene rings is 1. The van der Waals surface area contributed by atoms with Crippen molar-refractivity contribution in [1.29, 1.82) is 0 Å². The summed E-state index contributed by atoms with van der Waals surface area (Å²) >= 11 is 6.13. The molecule has 0 aliphatic heterocycles. The average molecular weight is 305 g/mol. The van der Waals surface area contributed by atoms with Gasteiger partial charge in [-0.25, -0.2) is 0 Å². The van der Waals surface area contributed by atoms with E-state index >= 15 is 0 Å². The molecule has 1 amide bonds. The number of nitrogens with one attached hydrogen (secondary N) is 1. The van der Waals surface area contributed by atoms with E-state index < -0.39 is 0 Å². The van der Waals surface area contributed by atoms with Crippen LogP contribution in [0.5, 0.6) is 5.75 Å². The molecule has 4 nitrogen and oxygen atoms in total. The summed E-state index contributed by atoms with van der Waals surface area (Å²) in [5.74, 6) is 0.355. The van der Waals surface area contributed by atoms with Gasteiger partial charge in [0.05, 0.1) is 5.02 Å². The Bertz CT molecular complexity index is 606. The second-order valence-corrected chi connectivity index (χ2v) is 5.23. The van der Waals surface area contributed by atoms with Crippen LogP contribution in [0.2, 0.25) is 5.02 Å². The molecule has 110 valence electrons. The Kier molecular flexibility index (Phi) is 5.17. The van der Waals surface area contributed by atoms with Crippen molar-refractivity contribution >= 4 is 17.5 Å². The SMILES string of the molecule is Cc1cc(C)c(OCC(=O)NCc2cccnc2)c(Cl)c1. The van der Waals surface area contributed by atoms with E-state index in [0.29, 0.717) is 17.3 Å². The van der Waals surface area contributed by atoms with Gasteiger partial charge in [-0.1, -0.05) is 23.7 Å². The van der Waals surface area contributed by atoms with Gasteiger partial charge in [-0.3, -0.25) is 9.78 Å². The fraction of sp³-hybridized carbons (Fsp3) is 0.250. The lowest BCUT2D eigenvalue weighted by Gasteiger charge is -2.12. The lowest BCUT2D eigenvalue weighted by molar-refractivity contribution is -0.123. The minimum atomic E-state index is -0.199. The molecule has 0 aliphatic rings. The Morgan fingerprint density at radius 1 is 1.38 bits per heavy atom. The molecule has 1 heterocycles. The smallest absolute Gasteiger partial charge is 0.258 e. The van der Waals surface area contributed by atoms with Crippen molar-refractivity contribution in [3.05, 3.63) is 58.4 Å². The van der Waals surface area contributed by atoms with Gasteiger partial charge in [-0.2, -0.15) is 0 Å². The zero-order chi connectivity index (χ0) is 15.2. The van der Waals surface area contributed by atoms with Gasteiger partial charge < -0.3 is 10.1 Å². The monoisotopic (exact) mass is 304 g/mol. The number of aromatic nitrogens is 1. The number of aryl methyl sites for hydroxylation is 2. The van der Waals surface area contributed by atoms with Gasteiger partial charge in [-0.05, 0) is 42.7 Å². The van der Waals surface area contributed by atoms with Crippen LogP contribution in [0.4, 0.5) is 0 Å². The Hall–Kier alpha value is -2.07. The molecule has 0 radical (unpaired) electrons. The first kappa shape index (κ1) is 15.3. The second-order valence-electron chi connectivity index (χ2n) is 4.82. The van der Waals surface area contributed by atoms with Crippen molar-refractivity contribution < 1.29 is 9.53 Å². The number of nitrogens with zero attached hydrogens (tertiary/aromatic N) is 1. The number of ether oxygens (including phenoxy) is 1. The molecule has 2 aromatic rings. The molecule has 0 atom stereocenters. The van der Waals surface area contributed by atoms with E-state index in [0.717, 1.165) is 16.7 Å². The normalized spacial score (nSPS) is 10.2. The average Bonchev–Trinajstić information content (AvgIpc) is 2.45. The van der Waals surface area contributed by atoms with Gasteiger partial charge in [0.1, 0.15) is 5.75 Å². The first-order valence-corrected chi connectivity index (χ1v) is 6.99. The van der Waals surface area contributed by atoms with Crippen molar-refractivity contribution in [2.24, 2.45) is 0 Å². The van der Waals surface area contributed by atoms with Crippen molar-refractivity contribution in [2.45, 2.75) is 20.4 Å². The molecule has 0 saturated carbocycles. The van der Waals surface area contributed by atoms with Crippen LogP contribution < -0.4 is 10.1 Å².